The van der Waals surface area contributed by atoms with Gasteiger partial charge >= 0.3 is 0 Å². The second kappa shape index (κ2) is 15.4. The lowest BCUT2D eigenvalue weighted by Gasteiger charge is -2.14. The number of aliphatic hydroxyl groups is 2. The van der Waals surface area contributed by atoms with E-state index in [1.165, 1.54) is 11.6 Å². The van der Waals surface area contributed by atoms with Gasteiger partial charge in [0.25, 0.3) is 0 Å². The van der Waals surface area contributed by atoms with Crippen LogP contribution in [0.1, 0.15) is 61.3 Å². The van der Waals surface area contributed by atoms with Gasteiger partial charge in [-0.3, -0.25) is 0 Å². The van der Waals surface area contributed by atoms with Crippen LogP contribution in [-0.4, -0.2) is 41.6 Å². The lowest BCUT2D eigenvalue weighted by atomic mass is 10.1. The van der Waals surface area contributed by atoms with E-state index in [1.54, 1.807) is 12.1 Å². The molecule has 0 aliphatic carbocycles. The van der Waals surface area contributed by atoms with Crippen LogP contribution >= 0.6 is 22.6 Å². The number of aryl methyl sites for hydroxylation is 1. The number of halogens is 1. The summed E-state index contributed by atoms with van der Waals surface area (Å²) >= 11 is 2.28. The molecule has 0 bridgehead atoms. The third kappa shape index (κ3) is 10.0. The maximum Gasteiger partial charge on any atom is 0.121 e. The van der Waals surface area contributed by atoms with Gasteiger partial charge in [0.05, 0.1) is 12.7 Å². The maximum atomic E-state index is 10.2. The molecule has 0 radical (unpaired) electrons. The van der Waals surface area contributed by atoms with Crippen LogP contribution in [0.3, 0.4) is 0 Å². The summed E-state index contributed by atoms with van der Waals surface area (Å²) in [5.74, 6) is 0.0494. The van der Waals surface area contributed by atoms with Gasteiger partial charge in [-0.1, -0.05) is 25.0 Å². The fraction of sp³-hybridized carbons (Fsp3) is 0.520. The Morgan fingerprint density at radius 3 is 2.47 bits per heavy atom. The van der Waals surface area contributed by atoms with Gasteiger partial charge in [0.2, 0.25) is 0 Å². The number of aliphatic hydroxyl groups excluding tert-OH is 2. The van der Waals surface area contributed by atoms with Crippen molar-refractivity contribution in [2.45, 2.75) is 57.7 Å². The first-order valence-electron chi connectivity index (χ1n) is 11.4. The molecule has 6 N–H and O–H groups in total. The predicted molar refractivity (Wildman–Crippen MR) is 138 cm³/mol. The summed E-state index contributed by atoms with van der Waals surface area (Å²) < 4.78 is 6.87. The summed E-state index contributed by atoms with van der Waals surface area (Å²) in [6.07, 6.45) is 7.04. The normalized spacial score (nSPS) is 12.2. The number of anilines is 1. The van der Waals surface area contributed by atoms with Crippen LogP contribution in [0.25, 0.3) is 0 Å². The summed E-state index contributed by atoms with van der Waals surface area (Å²) in [4.78, 5) is 0. The highest BCUT2D eigenvalue weighted by Crippen LogP contribution is 2.22. The van der Waals surface area contributed by atoms with Gasteiger partial charge in [-0.15, -0.1) is 0 Å². The van der Waals surface area contributed by atoms with E-state index in [-0.39, 0.29) is 12.4 Å². The highest BCUT2D eigenvalue weighted by atomic mass is 125. The van der Waals surface area contributed by atoms with Gasteiger partial charge in [-0.2, -0.15) is 0 Å². The summed E-state index contributed by atoms with van der Waals surface area (Å²) in [6.45, 7) is 2.70. The molecule has 2 rings (SSSR count). The Bertz CT molecular complexity index is 804. The molecule has 0 amide bonds. The number of hydrogen-bond acceptors (Lipinski definition) is 6. The van der Waals surface area contributed by atoms with Gasteiger partial charge in [0.1, 0.15) is 5.75 Å². The molecule has 1 unspecified atom stereocenters. The van der Waals surface area contributed by atoms with Crippen LogP contribution in [0.15, 0.2) is 36.4 Å². The molecule has 178 valence electrons. The largest absolute Gasteiger partial charge is 0.508 e. The van der Waals surface area contributed by atoms with Crippen molar-refractivity contribution in [2.75, 3.05) is 32.0 Å². The lowest BCUT2D eigenvalue weighted by Crippen LogP contribution is -2.22. The molecule has 7 heteroatoms. The number of phenols is 1. The van der Waals surface area contributed by atoms with Gasteiger partial charge in [0, 0.05) is 34.6 Å². The molecule has 2 aromatic carbocycles. The highest BCUT2D eigenvalue weighted by Gasteiger charge is 2.09. The molecule has 1 atom stereocenters. The smallest absolute Gasteiger partial charge is 0.121 e. The van der Waals surface area contributed by atoms with Gasteiger partial charge in [-0.25, -0.2) is 0 Å². The van der Waals surface area contributed by atoms with E-state index < -0.39 is 6.10 Å². The summed E-state index contributed by atoms with van der Waals surface area (Å²) in [5, 5.41) is 32.3. The van der Waals surface area contributed by atoms with Crippen LogP contribution in [0, 0.1) is 3.57 Å². The number of hydrogen-bond donors (Lipinski definition) is 5. The monoisotopic (exact) mass is 554 g/mol. The molecule has 0 saturated carbocycles. The minimum Gasteiger partial charge on any atom is -0.508 e. The Kier molecular flexibility index (Phi) is 13.0. The molecule has 0 aliphatic heterocycles. The minimum atomic E-state index is -0.655. The second-order valence-electron chi connectivity index (χ2n) is 8.11. The highest BCUT2D eigenvalue weighted by molar-refractivity contribution is 14.1. The van der Waals surface area contributed by atoms with E-state index in [4.69, 9.17) is 10.5 Å². The van der Waals surface area contributed by atoms with Crippen molar-refractivity contribution in [1.29, 1.82) is 0 Å². The maximum absolute atomic E-state index is 10.2. The second-order valence-corrected chi connectivity index (χ2v) is 9.27. The van der Waals surface area contributed by atoms with Crippen molar-refractivity contribution in [1.82, 2.24) is 5.32 Å². The molecule has 0 heterocycles. The fourth-order valence-corrected chi connectivity index (χ4v) is 4.04. The van der Waals surface area contributed by atoms with Crippen LogP contribution in [-0.2, 0) is 17.8 Å². The molecule has 0 saturated heterocycles. The first-order valence-corrected chi connectivity index (χ1v) is 12.5. The van der Waals surface area contributed by atoms with Crippen molar-refractivity contribution in [3.8, 4) is 5.75 Å². The Labute approximate surface area is 205 Å². The molecule has 2 aromatic rings. The third-order valence-corrected chi connectivity index (χ3v) is 6.39. The molecular formula is C25H37IN2O4. The topological polar surface area (TPSA) is 108 Å². The molecule has 0 spiro atoms. The molecule has 32 heavy (non-hydrogen) atoms. The number of nitrogens with two attached hydrogens (primary N) is 1. The molecule has 0 aromatic heterocycles. The van der Waals surface area contributed by atoms with Crippen LogP contribution in [0.5, 0.6) is 5.75 Å². The van der Waals surface area contributed by atoms with Gasteiger partial charge < -0.3 is 31.1 Å². The van der Waals surface area contributed by atoms with Crippen LogP contribution in [0.2, 0.25) is 0 Å². The predicted octanol–water partition coefficient (Wildman–Crippen LogP) is 4.29. The van der Waals surface area contributed by atoms with E-state index >= 15 is 0 Å². The van der Waals surface area contributed by atoms with Gasteiger partial charge in [-0.05, 0) is 96.6 Å². The van der Waals surface area contributed by atoms with E-state index in [2.05, 4.69) is 40.0 Å². The minimum absolute atomic E-state index is 0.0494. The van der Waals surface area contributed by atoms with Crippen molar-refractivity contribution in [2.24, 2.45) is 0 Å². The van der Waals surface area contributed by atoms with Crippen molar-refractivity contribution in [3.05, 3.63) is 56.7 Å². The molecule has 0 fully saturated rings. The Morgan fingerprint density at radius 1 is 0.969 bits per heavy atom. The van der Waals surface area contributed by atoms with Crippen molar-refractivity contribution >= 4 is 28.3 Å². The van der Waals surface area contributed by atoms with Crippen LogP contribution < -0.4 is 11.1 Å². The average Bonchev–Trinajstić information content (AvgIpc) is 2.79. The fourth-order valence-electron chi connectivity index (χ4n) is 3.47. The van der Waals surface area contributed by atoms with E-state index in [9.17, 15) is 15.3 Å². The third-order valence-electron chi connectivity index (χ3n) is 5.46. The zero-order valence-corrected chi connectivity index (χ0v) is 20.9. The summed E-state index contributed by atoms with van der Waals surface area (Å²) in [7, 11) is 0. The number of unbranched alkanes of at least 4 members (excludes halogenated alkanes) is 4. The molecule has 0 aliphatic rings. The van der Waals surface area contributed by atoms with E-state index in [0.29, 0.717) is 17.7 Å². The first-order chi connectivity index (χ1) is 15.5. The summed E-state index contributed by atoms with van der Waals surface area (Å²) in [6, 6.07) is 11.1. The quantitative estimate of drug-likeness (QED) is 0.120. The van der Waals surface area contributed by atoms with Crippen LogP contribution in [0.4, 0.5) is 5.69 Å². The number of benzene rings is 2. The zero-order valence-electron chi connectivity index (χ0n) is 18.7. The number of ether oxygens (including phenoxy) is 1. The van der Waals surface area contributed by atoms with E-state index in [0.717, 1.165) is 74.0 Å². The number of aromatic hydroxyl groups is 1. The SMILES string of the molecule is Nc1ccc(CCCCOCCCCCCNCC(O)c2ccc(O)c(CO)c2)cc1[125I]. The van der Waals surface area contributed by atoms with Gasteiger partial charge in [0.15, 0.2) is 0 Å². The standard InChI is InChI=1S/C25H37IN2O4/c26-22-15-19(8-10-23(22)27)7-3-6-14-32-13-5-2-1-4-12-28-17-25(31)20-9-11-24(30)21(16-20)18-29/h8-11,15-16,25,28-31H,1-7,12-14,17-18,27H2/i26-2. The Hall–Kier alpha value is -1.39. The molecular weight excluding hydrogens is 517 g/mol. The number of rotatable bonds is 16. The Balaban J connectivity index is 1.40. The number of nitrogens with one attached hydrogen (secondary N) is 1. The number of nitrogen functional groups attached to an aromatic ring is 1. The Morgan fingerprint density at radius 2 is 1.72 bits per heavy atom. The average molecular weight is 554 g/mol. The lowest BCUT2D eigenvalue weighted by molar-refractivity contribution is 0.126. The first kappa shape index (κ1) is 26.9. The molecule has 6 nitrogen and oxygen atoms in total. The van der Waals surface area contributed by atoms with Crippen molar-refractivity contribution < 1.29 is 20.1 Å². The zero-order chi connectivity index (χ0) is 23.2. The van der Waals surface area contributed by atoms with E-state index in [1.807, 2.05) is 6.07 Å². The summed E-state index contributed by atoms with van der Waals surface area (Å²) in [5.41, 5.74) is 9.15. The van der Waals surface area contributed by atoms with Crippen molar-refractivity contribution in [3.63, 3.8) is 0 Å².